The topological polar surface area (TPSA) is 67.4 Å². The van der Waals surface area contributed by atoms with Gasteiger partial charge >= 0.3 is 0 Å². The van der Waals surface area contributed by atoms with Crippen LogP contribution in [0.5, 0.6) is 5.19 Å². The molecule has 1 N–H and O–H groups in total. The molecule has 0 saturated heterocycles. The van der Waals surface area contributed by atoms with Gasteiger partial charge in [0.25, 0.3) is 17.5 Å². The van der Waals surface area contributed by atoms with E-state index in [1.807, 2.05) is 30.3 Å². The van der Waals surface area contributed by atoms with Crippen LogP contribution in [0.2, 0.25) is 0 Å². The lowest BCUT2D eigenvalue weighted by Gasteiger charge is -2.32. The SMILES string of the molecule is O=C(N[C@H]1CC[C@H](CCN2CCc3nc(OCC(F)F)sc3C2)CC1)c1cccc2ncccc12. The molecule has 2 aliphatic rings. The van der Waals surface area contributed by atoms with Gasteiger partial charge in [0.05, 0.1) is 11.2 Å². The number of aromatic nitrogens is 2. The summed E-state index contributed by atoms with van der Waals surface area (Å²) in [4.78, 5) is 25.2. The highest BCUT2D eigenvalue weighted by molar-refractivity contribution is 7.13. The predicted octanol–water partition coefficient (Wildman–Crippen LogP) is 5.07. The van der Waals surface area contributed by atoms with Gasteiger partial charge in [0.15, 0.2) is 6.61 Å². The number of hydrogen-bond acceptors (Lipinski definition) is 6. The number of carbonyl (C=O) groups is 1. The quantitative estimate of drug-likeness (QED) is 0.468. The number of carbonyl (C=O) groups excluding carboxylic acids is 1. The molecule has 1 amide bonds. The van der Waals surface area contributed by atoms with Crippen molar-refractivity contribution >= 4 is 28.1 Å². The van der Waals surface area contributed by atoms with E-state index < -0.39 is 13.0 Å². The Bertz CT molecular complexity index is 1160. The first-order valence-corrected chi connectivity index (χ1v) is 13.1. The first kappa shape index (κ1) is 24.1. The molecule has 2 aromatic heterocycles. The van der Waals surface area contributed by atoms with Crippen LogP contribution in [0.1, 0.15) is 53.0 Å². The van der Waals surface area contributed by atoms with Crippen molar-refractivity contribution in [2.24, 2.45) is 5.92 Å². The van der Waals surface area contributed by atoms with E-state index in [4.69, 9.17) is 4.74 Å². The molecule has 3 aromatic rings. The molecule has 0 bridgehead atoms. The number of alkyl halides is 2. The molecule has 186 valence electrons. The number of hydrogen-bond donors (Lipinski definition) is 1. The Morgan fingerprint density at radius 2 is 2.06 bits per heavy atom. The third kappa shape index (κ3) is 5.95. The molecule has 1 fully saturated rings. The van der Waals surface area contributed by atoms with E-state index >= 15 is 0 Å². The molecule has 1 aromatic carbocycles. The predicted molar refractivity (Wildman–Crippen MR) is 132 cm³/mol. The van der Waals surface area contributed by atoms with Crippen LogP contribution in [0, 0.1) is 5.92 Å². The minimum absolute atomic E-state index is 0.0161. The second-order valence-corrected chi connectivity index (χ2v) is 10.5. The maximum Gasteiger partial charge on any atom is 0.273 e. The molecule has 0 radical (unpaired) electrons. The zero-order chi connectivity index (χ0) is 24.2. The van der Waals surface area contributed by atoms with Crippen molar-refractivity contribution < 1.29 is 18.3 Å². The van der Waals surface area contributed by atoms with Gasteiger partial charge in [-0.15, -0.1) is 0 Å². The maximum absolute atomic E-state index is 12.9. The summed E-state index contributed by atoms with van der Waals surface area (Å²) in [5, 5.41) is 4.49. The van der Waals surface area contributed by atoms with Crippen molar-refractivity contribution in [3.63, 3.8) is 0 Å². The summed E-state index contributed by atoms with van der Waals surface area (Å²) < 4.78 is 29.9. The molecule has 35 heavy (non-hydrogen) atoms. The lowest BCUT2D eigenvalue weighted by atomic mass is 9.84. The highest BCUT2D eigenvalue weighted by atomic mass is 32.1. The molecule has 3 heterocycles. The zero-order valence-corrected chi connectivity index (χ0v) is 20.4. The summed E-state index contributed by atoms with van der Waals surface area (Å²) in [6.07, 6.45) is 5.48. The summed E-state index contributed by atoms with van der Waals surface area (Å²) in [6, 6.07) is 9.70. The Kier molecular flexibility index (Phi) is 7.53. The van der Waals surface area contributed by atoms with E-state index in [-0.39, 0.29) is 11.9 Å². The fourth-order valence-corrected chi connectivity index (χ4v) is 6.14. The third-order valence-corrected chi connectivity index (χ3v) is 8.04. The Hall–Kier alpha value is -2.65. The summed E-state index contributed by atoms with van der Waals surface area (Å²) in [7, 11) is 0. The average molecular weight is 501 g/mol. The third-order valence-electron chi connectivity index (χ3n) is 7.05. The minimum Gasteiger partial charge on any atom is -0.464 e. The van der Waals surface area contributed by atoms with E-state index in [0.29, 0.717) is 16.7 Å². The van der Waals surface area contributed by atoms with Crippen LogP contribution in [-0.2, 0) is 13.0 Å². The number of fused-ring (bicyclic) bond motifs is 2. The van der Waals surface area contributed by atoms with Gasteiger partial charge < -0.3 is 10.1 Å². The fraction of sp³-hybridized carbons (Fsp3) is 0.500. The Labute approximate surface area is 207 Å². The first-order chi connectivity index (χ1) is 17.0. The van der Waals surface area contributed by atoms with Crippen LogP contribution in [0.15, 0.2) is 36.5 Å². The smallest absolute Gasteiger partial charge is 0.273 e. The number of thiazole rings is 1. The molecule has 0 spiro atoms. The first-order valence-electron chi connectivity index (χ1n) is 12.3. The highest BCUT2D eigenvalue weighted by Gasteiger charge is 2.26. The van der Waals surface area contributed by atoms with Gasteiger partial charge in [-0.25, -0.2) is 13.8 Å². The van der Waals surface area contributed by atoms with E-state index in [0.717, 1.165) is 79.6 Å². The number of halogens is 2. The average Bonchev–Trinajstić information content (AvgIpc) is 3.29. The van der Waals surface area contributed by atoms with Crippen molar-refractivity contribution in [1.29, 1.82) is 0 Å². The fourth-order valence-electron chi connectivity index (χ4n) is 5.14. The van der Waals surface area contributed by atoms with Crippen LogP contribution < -0.4 is 10.1 Å². The monoisotopic (exact) mass is 500 g/mol. The van der Waals surface area contributed by atoms with Gasteiger partial charge in [0.2, 0.25) is 0 Å². The van der Waals surface area contributed by atoms with Crippen LogP contribution in [0.3, 0.4) is 0 Å². The second-order valence-electron chi connectivity index (χ2n) is 9.43. The largest absolute Gasteiger partial charge is 0.464 e. The molecule has 0 atom stereocenters. The summed E-state index contributed by atoms with van der Waals surface area (Å²) in [5.41, 5.74) is 2.52. The van der Waals surface area contributed by atoms with Gasteiger partial charge in [0.1, 0.15) is 0 Å². The van der Waals surface area contributed by atoms with Crippen molar-refractivity contribution in [3.8, 4) is 5.19 Å². The van der Waals surface area contributed by atoms with E-state index in [1.165, 1.54) is 11.3 Å². The van der Waals surface area contributed by atoms with Gasteiger partial charge in [-0.1, -0.05) is 23.5 Å². The van der Waals surface area contributed by atoms with Gasteiger partial charge in [-0.2, -0.15) is 0 Å². The number of nitrogens with one attached hydrogen (secondary N) is 1. The Morgan fingerprint density at radius 3 is 2.89 bits per heavy atom. The van der Waals surface area contributed by atoms with Crippen LogP contribution in [-0.4, -0.2) is 52.9 Å². The van der Waals surface area contributed by atoms with Crippen molar-refractivity contribution in [1.82, 2.24) is 20.2 Å². The molecule has 1 aliphatic carbocycles. The second kappa shape index (κ2) is 11.0. The molecule has 0 unspecified atom stereocenters. The lowest BCUT2D eigenvalue weighted by Crippen LogP contribution is -2.38. The van der Waals surface area contributed by atoms with Crippen LogP contribution in [0.4, 0.5) is 8.78 Å². The van der Waals surface area contributed by atoms with Gasteiger partial charge in [0, 0.05) is 47.6 Å². The normalized spacial score (nSPS) is 20.7. The Morgan fingerprint density at radius 1 is 1.20 bits per heavy atom. The molecule has 6 nitrogen and oxygen atoms in total. The number of ether oxygens (including phenoxy) is 1. The van der Waals surface area contributed by atoms with E-state index in [9.17, 15) is 13.6 Å². The van der Waals surface area contributed by atoms with Gasteiger partial charge in [-0.3, -0.25) is 14.7 Å². The van der Waals surface area contributed by atoms with Crippen LogP contribution >= 0.6 is 11.3 Å². The summed E-state index contributed by atoms with van der Waals surface area (Å²) >= 11 is 1.39. The number of nitrogens with zero attached hydrogens (tertiary/aromatic N) is 3. The van der Waals surface area contributed by atoms with Crippen LogP contribution in [0.25, 0.3) is 10.9 Å². The number of rotatable bonds is 8. The van der Waals surface area contributed by atoms with Crippen molar-refractivity contribution in [2.45, 2.75) is 57.5 Å². The Balaban J connectivity index is 1.06. The number of pyridine rings is 1. The molecule has 5 rings (SSSR count). The molecular formula is C26H30F2N4O2S. The highest BCUT2D eigenvalue weighted by Crippen LogP contribution is 2.32. The molecule has 1 saturated carbocycles. The van der Waals surface area contributed by atoms with E-state index in [2.05, 4.69) is 20.2 Å². The minimum atomic E-state index is -2.48. The lowest BCUT2D eigenvalue weighted by molar-refractivity contribution is 0.0816. The molecule has 9 heteroatoms. The van der Waals surface area contributed by atoms with E-state index in [1.54, 1.807) is 6.20 Å². The van der Waals surface area contributed by atoms with Crippen molar-refractivity contribution in [3.05, 3.63) is 52.7 Å². The zero-order valence-electron chi connectivity index (χ0n) is 19.6. The van der Waals surface area contributed by atoms with Crippen molar-refractivity contribution in [2.75, 3.05) is 19.7 Å². The summed E-state index contributed by atoms with van der Waals surface area (Å²) in [6.45, 7) is 2.18. The summed E-state index contributed by atoms with van der Waals surface area (Å²) in [5.74, 6) is 0.648. The van der Waals surface area contributed by atoms with Gasteiger partial charge in [-0.05, 0) is 62.8 Å². The number of amides is 1. The molecule has 1 aliphatic heterocycles. The molecular weight excluding hydrogens is 470 g/mol. The number of benzene rings is 1. The maximum atomic E-state index is 12.9. The standard InChI is InChI=1S/C26H30F2N4O2S/c27-24(28)16-34-26-31-22-11-14-32(15-23(22)35-26)13-10-17-6-8-18(9-7-17)30-25(33)20-3-1-5-21-19(20)4-2-12-29-21/h1-5,12,17-18,24H,6-11,13-16H2,(H,30,33)/t17-,18-.